The predicted octanol–water partition coefficient (Wildman–Crippen LogP) is 1.03. The van der Waals surface area contributed by atoms with Crippen LogP contribution < -0.4 is 5.56 Å². The predicted molar refractivity (Wildman–Crippen MR) is 63.7 cm³/mol. The molecule has 0 amide bonds. The number of carboxylic acid groups (broad SMARTS) is 1. The minimum atomic E-state index is -1.05. The molecule has 1 N–H and O–H groups in total. The average molecular weight is 230 g/mol. The highest BCUT2D eigenvalue weighted by Crippen LogP contribution is 2.13. The molecule has 0 atom stereocenters. The van der Waals surface area contributed by atoms with E-state index in [9.17, 15) is 9.59 Å². The van der Waals surface area contributed by atoms with Gasteiger partial charge in [-0.15, -0.1) is 0 Å². The number of aryl methyl sites for hydroxylation is 1. The Morgan fingerprint density at radius 1 is 1.35 bits per heavy atom. The lowest BCUT2D eigenvalue weighted by Gasteiger charge is -2.03. The quantitative estimate of drug-likeness (QED) is 0.782. The van der Waals surface area contributed by atoms with E-state index >= 15 is 0 Å². The van der Waals surface area contributed by atoms with Gasteiger partial charge in [0.1, 0.15) is 0 Å². The molecule has 0 aliphatic rings. The number of carboxylic acids is 1. The Morgan fingerprint density at radius 3 is 2.65 bits per heavy atom. The van der Waals surface area contributed by atoms with Crippen LogP contribution in [0.25, 0.3) is 16.8 Å². The number of carbonyl (C=O) groups is 1. The summed E-state index contributed by atoms with van der Waals surface area (Å²) in [7, 11) is 1.53. The number of hydrogen-bond acceptors (Lipinski definition) is 3. The average Bonchev–Trinajstić information content (AvgIpc) is 2.32. The van der Waals surface area contributed by atoms with E-state index in [1.54, 1.807) is 24.3 Å². The minimum absolute atomic E-state index is 0.201. The summed E-state index contributed by atoms with van der Waals surface area (Å²) in [4.78, 5) is 22.3. The van der Waals surface area contributed by atoms with Gasteiger partial charge in [0.2, 0.25) is 0 Å². The number of hydrogen-bond donors (Lipinski definition) is 1. The molecule has 1 aromatic heterocycles. The van der Waals surface area contributed by atoms with Gasteiger partial charge in [-0.1, -0.05) is 18.2 Å². The smallest absolute Gasteiger partial charge is 0.328 e. The number of rotatable bonds is 2. The van der Waals surface area contributed by atoms with E-state index in [1.807, 2.05) is 0 Å². The lowest BCUT2D eigenvalue weighted by atomic mass is 10.1. The summed E-state index contributed by atoms with van der Waals surface area (Å²) in [5.74, 6) is -1.05. The second-order valence-corrected chi connectivity index (χ2v) is 3.53. The third kappa shape index (κ3) is 2.08. The fraction of sp³-hybridized carbons (Fsp3) is 0.0833. The Morgan fingerprint density at radius 2 is 2.00 bits per heavy atom. The van der Waals surface area contributed by atoms with Gasteiger partial charge in [0, 0.05) is 18.5 Å². The van der Waals surface area contributed by atoms with Crippen molar-refractivity contribution in [2.75, 3.05) is 0 Å². The first-order valence-corrected chi connectivity index (χ1v) is 4.96. The zero-order valence-corrected chi connectivity index (χ0v) is 9.12. The van der Waals surface area contributed by atoms with Crippen LogP contribution in [-0.2, 0) is 11.8 Å². The van der Waals surface area contributed by atoms with E-state index < -0.39 is 5.97 Å². The first kappa shape index (κ1) is 11.1. The Balaban J connectivity index is 2.76. The molecule has 0 spiro atoms. The van der Waals surface area contributed by atoms with Crippen molar-refractivity contribution in [2.24, 2.45) is 7.05 Å². The molecule has 5 heteroatoms. The Hall–Kier alpha value is -2.43. The fourth-order valence-corrected chi connectivity index (χ4v) is 1.60. The second-order valence-electron chi connectivity index (χ2n) is 3.53. The second kappa shape index (κ2) is 4.21. The van der Waals surface area contributed by atoms with E-state index in [2.05, 4.69) is 5.10 Å². The molecule has 17 heavy (non-hydrogen) atoms. The molecule has 0 radical (unpaired) electrons. The molecule has 2 rings (SSSR count). The maximum Gasteiger partial charge on any atom is 0.328 e. The van der Waals surface area contributed by atoms with Crippen molar-refractivity contribution in [3.63, 3.8) is 0 Å². The first-order chi connectivity index (χ1) is 8.09. The van der Waals surface area contributed by atoms with Gasteiger partial charge in [-0.3, -0.25) is 4.79 Å². The molecule has 0 fully saturated rings. The van der Waals surface area contributed by atoms with Crippen molar-refractivity contribution >= 4 is 22.8 Å². The molecule has 0 aliphatic carbocycles. The molecule has 2 aromatic rings. The fourth-order valence-electron chi connectivity index (χ4n) is 1.60. The SMILES string of the molecule is Cn1nc(C=CC(=O)O)c2ccccc2c1=O. The van der Waals surface area contributed by atoms with E-state index in [0.717, 1.165) is 6.08 Å². The summed E-state index contributed by atoms with van der Waals surface area (Å²) in [6, 6.07) is 6.97. The van der Waals surface area contributed by atoms with Gasteiger partial charge >= 0.3 is 5.97 Å². The van der Waals surface area contributed by atoms with Gasteiger partial charge in [0.25, 0.3) is 5.56 Å². The largest absolute Gasteiger partial charge is 0.478 e. The highest BCUT2D eigenvalue weighted by molar-refractivity contribution is 5.92. The van der Waals surface area contributed by atoms with E-state index in [-0.39, 0.29) is 5.56 Å². The third-order valence-corrected chi connectivity index (χ3v) is 2.37. The van der Waals surface area contributed by atoms with Crippen LogP contribution in [0.1, 0.15) is 5.69 Å². The molecule has 0 saturated carbocycles. The first-order valence-electron chi connectivity index (χ1n) is 4.96. The van der Waals surface area contributed by atoms with Crippen molar-refractivity contribution in [3.05, 3.63) is 46.4 Å². The molecule has 0 aliphatic heterocycles. The normalized spacial score (nSPS) is 11.1. The molecule has 0 bridgehead atoms. The van der Waals surface area contributed by atoms with Crippen LogP contribution in [0.5, 0.6) is 0 Å². The topological polar surface area (TPSA) is 72.2 Å². The summed E-state index contributed by atoms with van der Waals surface area (Å²) < 4.78 is 1.20. The molecule has 1 heterocycles. The number of fused-ring (bicyclic) bond motifs is 1. The molecular weight excluding hydrogens is 220 g/mol. The lowest BCUT2D eigenvalue weighted by molar-refractivity contribution is -0.131. The molecule has 1 aromatic carbocycles. The van der Waals surface area contributed by atoms with Gasteiger partial charge in [0.15, 0.2) is 0 Å². The van der Waals surface area contributed by atoms with Crippen LogP contribution in [0.4, 0.5) is 0 Å². The van der Waals surface area contributed by atoms with Crippen molar-refractivity contribution in [1.29, 1.82) is 0 Å². The Kier molecular flexibility index (Phi) is 2.74. The van der Waals surface area contributed by atoms with Crippen molar-refractivity contribution in [1.82, 2.24) is 9.78 Å². The molecular formula is C12H10N2O3. The molecule has 86 valence electrons. The highest BCUT2D eigenvalue weighted by atomic mass is 16.4. The van der Waals surface area contributed by atoms with Crippen LogP contribution in [0.2, 0.25) is 0 Å². The van der Waals surface area contributed by atoms with Gasteiger partial charge in [-0.05, 0) is 12.1 Å². The number of aliphatic carboxylic acids is 1. The minimum Gasteiger partial charge on any atom is -0.478 e. The maximum absolute atomic E-state index is 11.8. The van der Waals surface area contributed by atoms with E-state index in [4.69, 9.17) is 5.11 Å². The van der Waals surface area contributed by atoms with Crippen molar-refractivity contribution < 1.29 is 9.90 Å². The maximum atomic E-state index is 11.8. The van der Waals surface area contributed by atoms with E-state index in [1.165, 1.54) is 17.8 Å². The number of benzene rings is 1. The molecule has 5 nitrogen and oxygen atoms in total. The van der Waals surface area contributed by atoms with Crippen molar-refractivity contribution in [2.45, 2.75) is 0 Å². The van der Waals surface area contributed by atoms with Gasteiger partial charge in [-0.25, -0.2) is 9.48 Å². The van der Waals surface area contributed by atoms with Crippen LogP contribution >= 0.6 is 0 Å². The zero-order chi connectivity index (χ0) is 12.4. The summed E-state index contributed by atoms with van der Waals surface area (Å²) in [6.07, 6.45) is 2.38. The van der Waals surface area contributed by atoms with Crippen LogP contribution in [0.3, 0.4) is 0 Å². The van der Waals surface area contributed by atoms with Gasteiger partial charge in [0.05, 0.1) is 11.1 Å². The summed E-state index contributed by atoms with van der Waals surface area (Å²) in [5, 5.41) is 13.8. The van der Waals surface area contributed by atoms with Crippen molar-refractivity contribution in [3.8, 4) is 0 Å². The summed E-state index contributed by atoms with van der Waals surface area (Å²) in [6.45, 7) is 0. The molecule has 0 unspecified atom stereocenters. The van der Waals surface area contributed by atoms with Crippen LogP contribution in [-0.4, -0.2) is 20.9 Å². The van der Waals surface area contributed by atoms with E-state index in [0.29, 0.717) is 16.5 Å². The van der Waals surface area contributed by atoms with Gasteiger partial charge < -0.3 is 5.11 Å². The Bertz CT molecular complexity index is 671. The third-order valence-electron chi connectivity index (χ3n) is 2.37. The number of aromatic nitrogens is 2. The molecule has 0 saturated heterocycles. The standard InChI is InChI=1S/C12H10N2O3/c1-14-12(17)9-5-3-2-4-8(9)10(13-14)6-7-11(15)16/h2-7H,1H3,(H,15,16). The monoisotopic (exact) mass is 230 g/mol. The Labute approximate surface area is 96.6 Å². The lowest BCUT2D eigenvalue weighted by Crippen LogP contribution is -2.20. The summed E-state index contributed by atoms with van der Waals surface area (Å²) in [5.41, 5.74) is 0.262. The van der Waals surface area contributed by atoms with Crippen LogP contribution in [0.15, 0.2) is 35.1 Å². The highest BCUT2D eigenvalue weighted by Gasteiger charge is 2.05. The summed E-state index contributed by atoms with van der Waals surface area (Å²) >= 11 is 0. The van der Waals surface area contributed by atoms with Crippen LogP contribution in [0, 0.1) is 0 Å². The number of nitrogens with zero attached hydrogens (tertiary/aromatic N) is 2. The van der Waals surface area contributed by atoms with Gasteiger partial charge in [-0.2, -0.15) is 5.10 Å². The zero-order valence-electron chi connectivity index (χ0n) is 9.12.